The highest BCUT2D eigenvalue weighted by Gasteiger charge is 2.24. The first-order valence-corrected chi connectivity index (χ1v) is 9.67. The predicted molar refractivity (Wildman–Crippen MR) is 101 cm³/mol. The lowest BCUT2D eigenvalue weighted by molar-refractivity contribution is 0.0963. The smallest absolute Gasteiger partial charge is 0.409 e. The Morgan fingerprint density at radius 1 is 1.40 bits per heavy atom. The second-order valence-corrected chi connectivity index (χ2v) is 7.38. The average molecular weight is 368 g/mol. The molecule has 0 unspecified atom stereocenters. The van der Waals surface area contributed by atoms with Gasteiger partial charge >= 0.3 is 6.09 Å². The second kappa shape index (κ2) is 9.60. The molecule has 0 radical (unpaired) electrons. The van der Waals surface area contributed by atoms with Gasteiger partial charge in [0.2, 0.25) is 0 Å². The molecule has 1 fully saturated rings. The van der Waals surface area contributed by atoms with Crippen LogP contribution in [0.3, 0.4) is 0 Å². The van der Waals surface area contributed by atoms with Gasteiger partial charge in [0, 0.05) is 44.0 Å². The fourth-order valence-electron chi connectivity index (χ4n) is 2.91. The molecule has 1 aliphatic rings. The molecule has 2 heterocycles. The molecule has 25 heavy (non-hydrogen) atoms. The lowest BCUT2D eigenvalue weighted by Crippen LogP contribution is -2.50. The topological polar surface area (TPSA) is 78.8 Å². The van der Waals surface area contributed by atoms with Gasteiger partial charge in [-0.2, -0.15) is 0 Å². The minimum Gasteiger partial charge on any atom is -0.450 e. The zero-order valence-electron chi connectivity index (χ0n) is 15.6. The molecule has 8 heteroatoms. The molecule has 0 aliphatic carbocycles. The Balaban J connectivity index is 1.72. The van der Waals surface area contributed by atoms with Crippen LogP contribution >= 0.6 is 11.3 Å². The van der Waals surface area contributed by atoms with Crippen molar-refractivity contribution in [2.45, 2.75) is 46.1 Å². The molecule has 1 aliphatic heterocycles. The van der Waals surface area contributed by atoms with E-state index < -0.39 is 0 Å². The van der Waals surface area contributed by atoms with Gasteiger partial charge < -0.3 is 20.3 Å². The van der Waals surface area contributed by atoms with Crippen molar-refractivity contribution in [3.63, 3.8) is 0 Å². The molecule has 7 nitrogen and oxygen atoms in total. The van der Waals surface area contributed by atoms with Crippen LogP contribution in [0.5, 0.6) is 0 Å². The number of piperidine rings is 1. The van der Waals surface area contributed by atoms with E-state index in [1.165, 1.54) is 4.88 Å². The van der Waals surface area contributed by atoms with E-state index in [4.69, 9.17) is 4.74 Å². The Morgan fingerprint density at radius 3 is 2.68 bits per heavy atom. The van der Waals surface area contributed by atoms with E-state index in [1.807, 2.05) is 13.8 Å². The lowest BCUT2D eigenvalue weighted by atomic mass is 10.1. The number of aromatic nitrogens is 1. The molecule has 0 spiro atoms. The molecular formula is C17H29N5O2S. The van der Waals surface area contributed by atoms with Gasteiger partial charge in [-0.15, -0.1) is 11.3 Å². The van der Waals surface area contributed by atoms with Crippen LogP contribution in [-0.2, 0) is 11.2 Å². The summed E-state index contributed by atoms with van der Waals surface area (Å²) in [7, 11) is 1.78. The summed E-state index contributed by atoms with van der Waals surface area (Å²) < 4.78 is 5.05. The van der Waals surface area contributed by atoms with Gasteiger partial charge in [0.05, 0.1) is 17.3 Å². The molecule has 0 bridgehead atoms. The lowest BCUT2D eigenvalue weighted by Gasteiger charge is -2.32. The van der Waals surface area contributed by atoms with E-state index >= 15 is 0 Å². The normalized spacial score (nSPS) is 16.0. The molecule has 1 amide bonds. The number of likely N-dealkylation sites (tertiary alicyclic amines) is 1. The maximum Gasteiger partial charge on any atom is 0.409 e. The third-order valence-corrected chi connectivity index (χ3v) is 5.36. The van der Waals surface area contributed by atoms with Crippen LogP contribution in [0, 0.1) is 13.8 Å². The number of carbonyl (C=O) groups excluding carboxylic acids is 1. The van der Waals surface area contributed by atoms with Crippen molar-refractivity contribution in [2.75, 3.05) is 33.3 Å². The Kier molecular flexibility index (Phi) is 7.49. The molecule has 1 aromatic rings. The second-order valence-electron chi connectivity index (χ2n) is 6.10. The van der Waals surface area contributed by atoms with Crippen molar-refractivity contribution in [3.05, 3.63) is 15.6 Å². The number of hydrogen-bond acceptors (Lipinski definition) is 5. The Morgan fingerprint density at radius 2 is 2.12 bits per heavy atom. The zero-order valence-corrected chi connectivity index (χ0v) is 16.4. The van der Waals surface area contributed by atoms with Crippen molar-refractivity contribution < 1.29 is 9.53 Å². The number of hydrogen-bond donors (Lipinski definition) is 2. The number of ether oxygens (including phenoxy) is 1. The van der Waals surface area contributed by atoms with Crippen LogP contribution in [0.4, 0.5) is 4.79 Å². The summed E-state index contributed by atoms with van der Waals surface area (Å²) in [6.07, 6.45) is 2.53. The summed E-state index contributed by atoms with van der Waals surface area (Å²) in [6, 6.07) is 0.323. The SMILES string of the molecule is CCOC(=O)N1CCC(NC(=NC)NCCc2sc(C)nc2C)CC1. The number of guanidine groups is 1. The summed E-state index contributed by atoms with van der Waals surface area (Å²) in [5.41, 5.74) is 1.12. The van der Waals surface area contributed by atoms with E-state index in [-0.39, 0.29) is 6.09 Å². The quantitative estimate of drug-likeness (QED) is 0.615. The molecule has 1 aromatic heterocycles. The number of aliphatic imine (C=N–C) groups is 1. The number of rotatable bonds is 5. The Hall–Kier alpha value is -1.83. The summed E-state index contributed by atoms with van der Waals surface area (Å²) in [4.78, 5) is 23.6. The van der Waals surface area contributed by atoms with Gasteiger partial charge in [-0.3, -0.25) is 4.99 Å². The molecule has 0 saturated carbocycles. The van der Waals surface area contributed by atoms with Crippen molar-refractivity contribution in [1.82, 2.24) is 20.5 Å². The van der Waals surface area contributed by atoms with E-state index in [0.29, 0.717) is 25.7 Å². The van der Waals surface area contributed by atoms with Crippen LogP contribution in [0.25, 0.3) is 0 Å². The summed E-state index contributed by atoms with van der Waals surface area (Å²) in [6.45, 7) is 8.60. The maximum absolute atomic E-state index is 11.7. The van der Waals surface area contributed by atoms with Crippen LogP contribution in [0.2, 0.25) is 0 Å². The van der Waals surface area contributed by atoms with Crippen molar-refractivity contribution >= 4 is 23.4 Å². The van der Waals surface area contributed by atoms with E-state index in [2.05, 4.69) is 27.5 Å². The highest BCUT2D eigenvalue weighted by Crippen LogP contribution is 2.17. The Labute approximate surface area is 153 Å². The summed E-state index contributed by atoms with van der Waals surface area (Å²) >= 11 is 1.76. The molecule has 0 aromatic carbocycles. The Bertz CT molecular complexity index is 594. The molecule has 2 N–H and O–H groups in total. The largest absolute Gasteiger partial charge is 0.450 e. The number of nitrogens with one attached hydrogen (secondary N) is 2. The van der Waals surface area contributed by atoms with Gasteiger partial charge in [0.25, 0.3) is 0 Å². The first-order chi connectivity index (χ1) is 12.0. The molecule has 1 saturated heterocycles. The van der Waals surface area contributed by atoms with Crippen LogP contribution < -0.4 is 10.6 Å². The number of aryl methyl sites for hydroxylation is 2. The van der Waals surface area contributed by atoms with E-state index in [1.54, 1.807) is 23.3 Å². The predicted octanol–water partition coefficient (Wildman–Crippen LogP) is 2.09. The highest BCUT2D eigenvalue weighted by molar-refractivity contribution is 7.11. The van der Waals surface area contributed by atoms with Crippen LogP contribution in [0.1, 0.15) is 35.3 Å². The summed E-state index contributed by atoms with van der Waals surface area (Å²) in [5, 5.41) is 7.93. The fraction of sp³-hybridized carbons (Fsp3) is 0.706. The minimum atomic E-state index is -0.210. The van der Waals surface area contributed by atoms with Crippen LogP contribution in [-0.4, -0.2) is 61.3 Å². The molecule has 140 valence electrons. The van der Waals surface area contributed by atoms with E-state index in [9.17, 15) is 4.79 Å². The van der Waals surface area contributed by atoms with Crippen molar-refractivity contribution in [2.24, 2.45) is 4.99 Å². The summed E-state index contributed by atoms with van der Waals surface area (Å²) in [5.74, 6) is 0.813. The minimum absolute atomic E-state index is 0.210. The average Bonchev–Trinajstić information content (AvgIpc) is 2.92. The number of carbonyl (C=O) groups is 1. The fourth-order valence-corrected chi connectivity index (χ4v) is 3.85. The molecular weight excluding hydrogens is 338 g/mol. The first kappa shape index (κ1) is 19.5. The maximum atomic E-state index is 11.7. The van der Waals surface area contributed by atoms with Gasteiger partial charge in [-0.1, -0.05) is 0 Å². The zero-order chi connectivity index (χ0) is 18.2. The van der Waals surface area contributed by atoms with Crippen LogP contribution in [0.15, 0.2) is 4.99 Å². The molecule has 2 rings (SSSR count). The third-order valence-electron chi connectivity index (χ3n) is 4.23. The monoisotopic (exact) mass is 367 g/mol. The van der Waals surface area contributed by atoms with Crippen molar-refractivity contribution in [3.8, 4) is 0 Å². The van der Waals surface area contributed by atoms with Gasteiger partial charge in [0.1, 0.15) is 0 Å². The first-order valence-electron chi connectivity index (χ1n) is 8.85. The standard InChI is InChI=1S/C17H29N5O2S/c1-5-24-17(23)22-10-7-14(8-11-22)21-16(18-4)19-9-6-15-12(2)20-13(3)25-15/h14H,5-11H2,1-4H3,(H2,18,19,21). The molecule has 0 atom stereocenters. The van der Waals surface area contributed by atoms with Gasteiger partial charge in [0.15, 0.2) is 5.96 Å². The van der Waals surface area contributed by atoms with Gasteiger partial charge in [-0.05, 0) is 33.6 Å². The highest BCUT2D eigenvalue weighted by atomic mass is 32.1. The third kappa shape index (κ3) is 5.88. The number of nitrogens with zero attached hydrogens (tertiary/aromatic N) is 3. The number of amides is 1. The number of thiazole rings is 1. The van der Waals surface area contributed by atoms with E-state index in [0.717, 1.165) is 42.5 Å². The van der Waals surface area contributed by atoms with Crippen molar-refractivity contribution in [1.29, 1.82) is 0 Å². The van der Waals surface area contributed by atoms with Gasteiger partial charge in [-0.25, -0.2) is 9.78 Å².